The Hall–Kier alpha value is -3.13. The maximum absolute atomic E-state index is 12.7. The summed E-state index contributed by atoms with van der Waals surface area (Å²) in [5, 5.41) is 7.34. The highest BCUT2D eigenvalue weighted by atomic mass is 32.2. The first-order valence-electron chi connectivity index (χ1n) is 10.9. The van der Waals surface area contributed by atoms with Gasteiger partial charge in [-0.05, 0) is 74.2 Å². The standard InChI is InChI=1S/C24H28N4O3S/c1-17-8-13-22(16-18(17)2)32(30,31)27-20-11-9-19(10-12-20)24(29)26-23-14-15-25-28(23)21-6-4-3-5-7-21/h8-16,21,27H,3-7H2,1-2H3,(H,26,29). The van der Waals surface area contributed by atoms with Crippen LogP contribution in [0.4, 0.5) is 11.5 Å². The molecule has 8 heteroatoms. The quantitative estimate of drug-likeness (QED) is 0.547. The van der Waals surface area contributed by atoms with Crippen molar-refractivity contribution in [3.63, 3.8) is 0 Å². The predicted molar refractivity (Wildman–Crippen MR) is 125 cm³/mol. The van der Waals surface area contributed by atoms with E-state index in [4.69, 9.17) is 0 Å². The van der Waals surface area contributed by atoms with Crippen molar-refractivity contribution in [3.8, 4) is 0 Å². The molecule has 1 amide bonds. The second-order valence-corrected chi connectivity index (χ2v) is 10.0. The van der Waals surface area contributed by atoms with Gasteiger partial charge in [-0.15, -0.1) is 0 Å². The van der Waals surface area contributed by atoms with Crippen LogP contribution in [-0.2, 0) is 10.0 Å². The molecule has 3 aromatic rings. The Bertz CT molecular complexity index is 1210. The van der Waals surface area contributed by atoms with Gasteiger partial charge in [0.15, 0.2) is 0 Å². The predicted octanol–water partition coefficient (Wildman–Crippen LogP) is 5.06. The summed E-state index contributed by atoms with van der Waals surface area (Å²) in [4.78, 5) is 13.0. The second kappa shape index (κ2) is 9.16. The second-order valence-electron chi connectivity index (χ2n) is 8.34. The van der Waals surface area contributed by atoms with E-state index in [1.165, 1.54) is 19.3 Å². The van der Waals surface area contributed by atoms with E-state index in [0.717, 1.165) is 24.0 Å². The smallest absolute Gasteiger partial charge is 0.261 e. The van der Waals surface area contributed by atoms with Crippen LogP contribution in [0.25, 0.3) is 0 Å². The monoisotopic (exact) mass is 452 g/mol. The topological polar surface area (TPSA) is 93.1 Å². The van der Waals surface area contributed by atoms with Crippen molar-refractivity contribution in [1.29, 1.82) is 0 Å². The van der Waals surface area contributed by atoms with Gasteiger partial charge in [0.25, 0.3) is 15.9 Å². The van der Waals surface area contributed by atoms with E-state index in [1.54, 1.807) is 54.7 Å². The number of benzene rings is 2. The molecule has 4 rings (SSSR count). The minimum Gasteiger partial charge on any atom is -0.307 e. The molecule has 0 bridgehead atoms. The summed E-state index contributed by atoms with van der Waals surface area (Å²) in [5.41, 5.74) is 2.78. The van der Waals surface area contributed by atoms with Crippen LogP contribution >= 0.6 is 0 Å². The van der Waals surface area contributed by atoms with Gasteiger partial charge in [-0.25, -0.2) is 13.1 Å². The van der Waals surface area contributed by atoms with Crippen molar-refractivity contribution < 1.29 is 13.2 Å². The number of carbonyl (C=O) groups excluding carboxylic acids is 1. The van der Waals surface area contributed by atoms with E-state index in [9.17, 15) is 13.2 Å². The third kappa shape index (κ3) is 4.85. The first-order valence-corrected chi connectivity index (χ1v) is 12.4. The largest absolute Gasteiger partial charge is 0.307 e. The van der Waals surface area contributed by atoms with E-state index in [1.807, 2.05) is 18.5 Å². The van der Waals surface area contributed by atoms with Gasteiger partial charge >= 0.3 is 0 Å². The van der Waals surface area contributed by atoms with Gasteiger partial charge in [-0.2, -0.15) is 5.10 Å². The lowest BCUT2D eigenvalue weighted by molar-refractivity contribution is 0.102. The van der Waals surface area contributed by atoms with Crippen LogP contribution in [0.3, 0.4) is 0 Å². The van der Waals surface area contributed by atoms with Crippen molar-refractivity contribution in [3.05, 3.63) is 71.4 Å². The Labute approximate surface area is 188 Å². The molecule has 7 nitrogen and oxygen atoms in total. The molecule has 0 unspecified atom stereocenters. The highest BCUT2D eigenvalue weighted by Gasteiger charge is 2.20. The molecule has 0 radical (unpaired) electrons. The average molecular weight is 453 g/mol. The maximum atomic E-state index is 12.7. The van der Waals surface area contributed by atoms with Crippen molar-refractivity contribution in [2.24, 2.45) is 0 Å². The van der Waals surface area contributed by atoms with Gasteiger partial charge in [0.1, 0.15) is 5.82 Å². The zero-order valence-electron chi connectivity index (χ0n) is 18.3. The van der Waals surface area contributed by atoms with Gasteiger partial charge in [0.05, 0.1) is 17.1 Å². The molecule has 168 valence electrons. The number of aryl methyl sites for hydroxylation is 2. The summed E-state index contributed by atoms with van der Waals surface area (Å²) in [5.74, 6) is 0.424. The summed E-state index contributed by atoms with van der Waals surface area (Å²) in [6.45, 7) is 3.81. The lowest BCUT2D eigenvalue weighted by Crippen LogP contribution is -2.20. The fraction of sp³-hybridized carbons (Fsp3) is 0.333. The number of amides is 1. The van der Waals surface area contributed by atoms with Gasteiger partial charge in [-0.1, -0.05) is 25.3 Å². The summed E-state index contributed by atoms with van der Waals surface area (Å²) in [6.07, 6.45) is 7.45. The summed E-state index contributed by atoms with van der Waals surface area (Å²) < 4.78 is 29.8. The first-order chi connectivity index (χ1) is 15.3. The molecule has 1 saturated carbocycles. The molecule has 0 saturated heterocycles. The van der Waals surface area contributed by atoms with Crippen LogP contribution in [0.15, 0.2) is 59.6 Å². The lowest BCUT2D eigenvalue weighted by Gasteiger charge is -2.23. The molecular formula is C24H28N4O3S. The highest BCUT2D eigenvalue weighted by Crippen LogP contribution is 2.30. The number of carbonyl (C=O) groups is 1. The number of hydrogen-bond donors (Lipinski definition) is 2. The van der Waals surface area contributed by atoms with Gasteiger partial charge in [0, 0.05) is 17.3 Å². The Morgan fingerprint density at radius 3 is 2.38 bits per heavy atom. The molecule has 2 aromatic carbocycles. The SMILES string of the molecule is Cc1ccc(S(=O)(=O)Nc2ccc(C(=O)Nc3ccnn3C3CCCCC3)cc2)cc1C. The highest BCUT2D eigenvalue weighted by molar-refractivity contribution is 7.92. The minimum absolute atomic E-state index is 0.207. The third-order valence-electron chi connectivity index (χ3n) is 6.02. The van der Waals surface area contributed by atoms with Crippen molar-refractivity contribution >= 4 is 27.4 Å². The Morgan fingerprint density at radius 2 is 1.69 bits per heavy atom. The molecule has 0 aliphatic heterocycles. The number of hydrogen-bond acceptors (Lipinski definition) is 4. The molecule has 1 aliphatic rings. The molecule has 0 atom stereocenters. The van der Waals surface area contributed by atoms with Crippen LogP contribution in [0.2, 0.25) is 0 Å². The summed E-state index contributed by atoms with van der Waals surface area (Å²) in [7, 11) is -3.71. The number of anilines is 2. The molecule has 1 fully saturated rings. The Morgan fingerprint density at radius 1 is 0.969 bits per heavy atom. The minimum atomic E-state index is -3.71. The number of rotatable bonds is 6. The molecule has 1 aromatic heterocycles. The molecule has 0 spiro atoms. The normalized spacial score (nSPS) is 14.8. The van der Waals surface area contributed by atoms with Gasteiger partial charge in [0.2, 0.25) is 0 Å². The molecule has 1 heterocycles. The zero-order valence-corrected chi connectivity index (χ0v) is 19.2. The van der Waals surface area contributed by atoms with Gasteiger partial charge < -0.3 is 5.32 Å². The summed E-state index contributed by atoms with van der Waals surface area (Å²) >= 11 is 0. The molecule has 2 N–H and O–H groups in total. The molecule has 32 heavy (non-hydrogen) atoms. The van der Waals surface area contributed by atoms with Crippen molar-refractivity contribution in [2.45, 2.75) is 56.9 Å². The third-order valence-corrected chi connectivity index (χ3v) is 7.40. The zero-order chi connectivity index (χ0) is 22.7. The van der Waals surface area contributed by atoms with Crippen LogP contribution < -0.4 is 10.0 Å². The van der Waals surface area contributed by atoms with E-state index in [0.29, 0.717) is 23.1 Å². The number of aromatic nitrogens is 2. The Balaban J connectivity index is 1.44. The van der Waals surface area contributed by atoms with E-state index in [-0.39, 0.29) is 10.8 Å². The van der Waals surface area contributed by atoms with Crippen molar-refractivity contribution in [1.82, 2.24) is 9.78 Å². The van der Waals surface area contributed by atoms with Crippen LogP contribution in [0.5, 0.6) is 0 Å². The van der Waals surface area contributed by atoms with Crippen LogP contribution in [-0.4, -0.2) is 24.1 Å². The first kappa shape index (κ1) is 22.1. The lowest BCUT2D eigenvalue weighted by atomic mass is 9.96. The molecular weight excluding hydrogens is 424 g/mol. The van der Waals surface area contributed by atoms with Crippen LogP contribution in [0, 0.1) is 13.8 Å². The number of nitrogens with zero attached hydrogens (tertiary/aromatic N) is 2. The van der Waals surface area contributed by atoms with E-state index < -0.39 is 10.0 Å². The maximum Gasteiger partial charge on any atom is 0.261 e. The molecule has 1 aliphatic carbocycles. The summed E-state index contributed by atoms with van der Waals surface area (Å²) in [6, 6.07) is 13.5. The average Bonchev–Trinajstić information content (AvgIpc) is 3.24. The number of sulfonamides is 1. The van der Waals surface area contributed by atoms with Gasteiger partial charge in [-0.3, -0.25) is 9.52 Å². The fourth-order valence-electron chi connectivity index (χ4n) is 4.00. The van der Waals surface area contributed by atoms with Crippen LogP contribution in [0.1, 0.15) is 59.6 Å². The van der Waals surface area contributed by atoms with E-state index >= 15 is 0 Å². The van der Waals surface area contributed by atoms with E-state index in [2.05, 4.69) is 15.1 Å². The fourth-order valence-corrected chi connectivity index (χ4v) is 5.15. The van der Waals surface area contributed by atoms with Crippen molar-refractivity contribution in [2.75, 3.05) is 10.0 Å². The Kier molecular flexibility index (Phi) is 6.32. The number of nitrogens with one attached hydrogen (secondary N) is 2.